The first-order valence-electron chi connectivity index (χ1n) is 7.58. The number of aldehydes is 1. The van der Waals surface area contributed by atoms with Gasteiger partial charge in [-0.1, -0.05) is 51.1 Å². The molecule has 4 nitrogen and oxygen atoms in total. The van der Waals surface area contributed by atoms with E-state index in [1.165, 1.54) is 11.8 Å². The summed E-state index contributed by atoms with van der Waals surface area (Å²) in [5, 5.41) is 0. The third-order valence-corrected chi connectivity index (χ3v) is 4.41. The number of hydrogen-bond acceptors (Lipinski definition) is 4. The van der Waals surface area contributed by atoms with E-state index in [2.05, 4.69) is 9.83 Å². The summed E-state index contributed by atoms with van der Waals surface area (Å²) >= 11 is 1.49. The first-order valence-corrected chi connectivity index (χ1v) is 8.40. The molecular weight excluding hydrogens is 320 g/mol. The zero-order valence-electron chi connectivity index (χ0n) is 14.3. The average Bonchev–Trinajstić information content (AvgIpc) is 2.52. The van der Waals surface area contributed by atoms with Crippen LogP contribution in [0.3, 0.4) is 0 Å². The summed E-state index contributed by atoms with van der Waals surface area (Å²) < 4.78 is 5.66. The summed E-state index contributed by atoms with van der Waals surface area (Å²) in [4.78, 5) is 20.1. The van der Waals surface area contributed by atoms with E-state index >= 15 is 0 Å². The van der Waals surface area contributed by atoms with Crippen LogP contribution in [0.15, 0.2) is 35.2 Å². The molecular formula is C19H20N2O2S. The monoisotopic (exact) mass is 340 g/mol. The highest BCUT2D eigenvalue weighted by Crippen LogP contribution is 2.44. The lowest BCUT2D eigenvalue weighted by molar-refractivity contribution is 0.112. The fraction of sp³-hybridized carbons (Fsp3) is 0.316. The van der Waals surface area contributed by atoms with E-state index in [4.69, 9.17) is 11.3 Å². The predicted octanol–water partition coefficient (Wildman–Crippen LogP) is 5.22. The number of carbonyl (C=O) groups is 1. The van der Waals surface area contributed by atoms with Crippen LogP contribution in [0.1, 0.15) is 42.4 Å². The van der Waals surface area contributed by atoms with Crippen molar-refractivity contribution in [2.24, 2.45) is 0 Å². The van der Waals surface area contributed by atoms with Crippen LogP contribution >= 0.6 is 11.8 Å². The Labute approximate surface area is 147 Å². The Balaban J connectivity index is 2.44. The van der Waals surface area contributed by atoms with Gasteiger partial charge in [0.15, 0.2) is 6.29 Å². The zero-order chi connectivity index (χ0) is 17.7. The topological polar surface area (TPSA) is 43.5 Å². The number of ether oxygens (including phenoxy) is 1. The number of aromatic nitrogens is 1. The normalized spacial score (nSPS) is 11.0. The standard InChI is InChI=1S/C19H20N2O2S/c1-13-15(11-22)17(24-19(2,3)4)16(20-5)18(21-13)23-12-14-9-7-6-8-10-14/h6-11H,12H2,1-4H3. The maximum atomic E-state index is 11.5. The van der Waals surface area contributed by atoms with Gasteiger partial charge in [-0.25, -0.2) is 9.83 Å². The van der Waals surface area contributed by atoms with E-state index in [-0.39, 0.29) is 10.6 Å². The molecule has 0 saturated heterocycles. The van der Waals surface area contributed by atoms with Gasteiger partial charge in [0.25, 0.3) is 5.69 Å². The fourth-order valence-electron chi connectivity index (χ4n) is 2.13. The van der Waals surface area contributed by atoms with E-state index in [0.717, 1.165) is 11.8 Å². The maximum Gasteiger partial charge on any atom is 0.260 e. The van der Waals surface area contributed by atoms with Gasteiger partial charge in [0.2, 0.25) is 5.88 Å². The number of thioether (sulfide) groups is 1. The molecule has 0 aliphatic carbocycles. The molecule has 0 saturated carbocycles. The SMILES string of the molecule is [C-]#[N+]c1c(OCc2ccccc2)nc(C)c(C=O)c1SC(C)(C)C. The van der Waals surface area contributed by atoms with Gasteiger partial charge in [-0.15, -0.1) is 11.8 Å². The van der Waals surface area contributed by atoms with Crippen molar-refractivity contribution in [3.8, 4) is 5.88 Å². The molecule has 5 heteroatoms. The summed E-state index contributed by atoms with van der Waals surface area (Å²) in [7, 11) is 0. The van der Waals surface area contributed by atoms with E-state index in [1.807, 2.05) is 51.1 Å². The van der Waals surface area contributed by atoms with Crippen molar-refractivity contribution in [3.05, 3.63) is 58.6 Å². The second-order valence-corrected chi connectivity index (χ2v) is 8.15. The molecule has 124 valence electrons. The maximum absolute atomic E-state index is 11.5. The molecule has 0 bridgehead atoms. The van der Waals surface area contributed by atoms with E-state index in [9.17, 15) is 4.79 Å². The van der Waals surface area contributed by atoms with Gasteiger partial charge < -0.3 is 4.74 Å². The third-order valence-electron chi connectivity index (χ3n) is 3.18. The predicted molar refractivity (Wildman–Crippen MR) is 97.0 cm³/mol. The quantitative estimate of drug-likeness (QED) is 0.425. The minimum Gasteiger partial charge on any atom is -0.481 e. The highest BCUT2D eigenvalue weighted by Gasteiger charge is 2.24. The molecule has 1 heterocycles. The molecule has 0 fully saturated rings. The Morgan fingerprint density at radius 3 is 2.50 bits per heavy atom. The van der Waals surface area contributed by atoms with Crippen molar-refractivity contribution in [3.63, 3.8) is 0 Å². The van der Waals surface area contributed by atoms with Gasteiger partial charge in [0.05, 0.1) is 12.3 Å². The summed E-state index contributed by atoms with van der Waals surface area (Å²) in [6, 6.07) is 9.71. The molecule has 0 aliphatic rings. The van der Waals surface area contributed by atoms with Gasteiger partial charge in [0, 0.05) is 15.2 Å². The van der Waals surface area contributed by atoms with Crippen LogP contribution in [0, 0.1) is 13.5 Å². The molecule has 0 unspecified atom stereocenters. The summed E-state index contributed by atoms with van der Waals surface area (Å²) in [5.74, 6) is 0.281. The molecule has 24 heavy (non-hydrogen) atoms. The Hall–Kier alpha value is -2.32. The summed E-state index contributed by atoms with van der Waals surface area (Å²) in [6.45, 7) is 15.8. The largest absolute Gasteiger partial charge is 0.481 e. The lowest BCUT2D eigenvalue weighted by Crippen LogP contribution is -2.09. The summed E-state index contributed by atoms with van der Waals surface area (Å²) in [6.07, 6.45) is 0.770. The molecule has 2 aromatic rings. The molecule has 2 rings (SSSR count). The van der Waals surface area contributed by atoms with Crippen molar-refractivity contribution >= 4 is 23.7 Å². The first kappa shape index (κ1) is 18.0. The number of benzene rings is 1. The van der Waals surface area contributed by atoms with Crippen molar-refractivity contribution in [1.82, 2.24) is 4.98 Å². The molecule has 0 amide bonds. The van der Waals surface area contributed by atoms with Gasteiger partial charge in [0.1, 0.15) is 6.61 Å². The van der Waals surface area contributed by atoms with Crippen LogP contribution < -0.4 is 4.74 Å². The third kappa shape index (κ3) is 4.36. The molecule has 0 aliphatic heterocycles. The van der Waals surface area contributed by atoms with Crippen molar-refractivity contribution < 1.29 is 9.53 Å². The second kappa shape index (κ2) is 7.50. The minimum atomic E-state index is -0.137. The lowest BCUT2D eigenvalue weighted by Gasteiger charge is -2.21. The Morgan fingerprint density at radius 2 is 1.96 bits per heavy atom. The van der Waals surface area contributed by atoms with Crippen molar-refractivity contribution in [2.45, 2.75) is 43.9 Å². The molecule has 0 radical (unpaired) electrons. The Kier molecular flexibility index (Phi) is 5.63. The number of pyridine rings is 1. The zero-order valence-corrected chi connectivity index (χ0v) is 15.1. The van der Waals surface area contributed by atoms with E-state index < -0.39 is 0 Å². The van der Waals surface area contributed by atoms with Crippen molar-refractivity contribution in [1.29, 1.82) is 0 Å². The van der Waals surface area contributed by atoms with Crippen LogP contribution in [-0.4, -0.2) is 16.0 Å². The van der Waals surface area contributed by atoms with E-state index in [1.54, 1.807) is 6.92 Å². The van der Waals surface area contributed by atoms with Gasteiger partial charge in [-0.3, -0.25) is 4.79 Å². The van der Waals surface area contributed by atoms with Crippen LogP contribution in [0.4, 0.5) is 5.69 Å². The van der Waals surface area contributed by atoms with Crippen LogP contribution in [0.2, 0.25) is 0 Å². The smallest absolute Gasteiger partial charge is 0.260 e. The number of hydrogen-bond donors (Lipinski definition) is 0. The molecule has 0 spiro atoms. The Morgan fingerprint density at radius 1 is 1.29 bits per heavy atom. The number of aryl methyl sites for hydroxylation is 1. The van der Waals surface area contributed by atoms with Gasteiger partial charge in [-0.05, 0) is 12.5 Å². The molecule has 0 N–H and O–H groups in total. The number of rotatable bonds is 5. The number of carbonyl (C=O) groups excluding carboxylic acids is 1. The van der Waals surface area contributed by atoms with Crippen LogP contribution in [0.5, 0.6) is 5.88 Å². The lowest BCUT2D eigenvalue weighted by atomic mass is 10.2. The number of nitrogens with zero attached hydrogens (tertiary/aromatic N) is 2. The average molecular weight is 340 g/mol. The van der Waals surface area contributed by atoms with Gasteiger partial charge in [-0.2, -0.15) is 0 Å². The molecule has 0 atom stereocenters. The molecule has 1 aromatic heterocycles. The van der Waals surface area contributed by atoms with E-state index in [0.29, 0.717) is 28.4 Å². The second-order valence-electron chi connectivity index (χ2n) is 6.31. The van der Waals surface area contributed by atoms with Gasteiger partial charge >= 0.3 is 0 Å². The highest BCUT2D eigenvalue weighted by atomic mass is 32.2. The fourth-order valence-corrected chi connectivity index (χ4v) is 3.28. The first-order chi connectivity index (χ1) is 11.4. The highest BCUT2D eigenvalue weighted by molar-refractivity contribution is 8.00. The van der Waals surface area contributed by atoms with Crippen LogP contribution in [-0.2, 0) is 6.61 Å². The van der Waals surface area contributed by atoms with Crippen molar-refractivity contribution in [2.75, 3.05) is 0 Å². The van der Waals surface area contributed by atoms with Crippen LogP contribution in [0.25, 0.3) is 4.85 Å². The Bertz CT molecular complexity index is 775. The summed E-state index contributed by atoms with van der Waals surface area (Å²) in [5.41, 5.74) is 2.34. The molecule has 1 aromatic carbocycles. The minimum absolute atomic E-state index is 0.137.